The van der Waals surface area contributed by atoms with E-state index < -0.39 is 11.5 Å². The molecule has 0 aliphatic heterocycles. The molecular weight excluding hydrogens is 250 g/mol. The third-order valence-corrected chi connectivity index (χ3v) is 3.12. The molecule has 0 amide bonds. The first-order valence-electron chi connectivity index (χ1n) is 5.39. The predicted octanol–water partition coefficient (Wildman–Crippen LogP) is 2.63. The van der Waals surface area contributed by atoms with E-state index in [2.05, 4.69) is 0 Å². The fourth-order valence-electron chi connectivity index (χ4n) is 1.83. The first-order valence-corrected chi connectivity index (χ1v) is 5.77. The van der Waals surface area contributed by atoms with Crippen molar-refractivity contribution >= 4 is 17.6 Å². The number of carboxylic acids is 1. The van der Waals surface area contributed by atoms with Crippen molar-refractivity contribution in [3.05, 3.63) is 70.7 Å². The Morgan fingerprint density at radius 2 is 1.50 bits per heavy atom. The Morgan fingerprint density at radius 3 is 2.00 bits per heavy atom. The van der Waals surface area contributed by atoms with E-state index in [1.54, 1.807) is 48.5 Å². The highest BCUT2D eigenvalue weighted by Gasteiger charge is 2.37. The van der Waals surface area contributed by atoms with Crippen molar-refractivity contribution in [2.45, 2.75) is 5.54 Å². The summed E-state index contributed by atoms with van der Waals surface area (Å²) in [6.45, 7) is 0. The van der Waals surface area contributed by atoms with E-state index in [0.717, 1.165) is 0 Å². The van der Waals surface area contributed by atoms with Crippen molar-refractivity contribution in [3.8, 4) is 0 Å². The largest absolute Gasteiger partial charge is 0.479 e. The maximum Gasteiger partial charge on any atom is 0.333 e. The minimum atomic E-state index is -1.56. The fraction of sp³-hybridized carbons (Fsp3) is 0.0714. The van der Waals surface area contributed by atoms with Gasteiger partial charge in [0.25, 0.3) is 0 Å². The smallest absolute Gasteiger partial charge is 0.333 e. The highest BCUT2D eigenvalue weighted by molar-refractivity contribution is 6.30. The maximum absolute atomic E-state index is 11.5. The Hall–Kier alpha value is -1.84. The molecule has 3 N–H and O–H groups in total. The Labute approximate surface area is 110 Å². The zero-order chi connectivity index (χ0) is 13.2. The molecule has 0 spiro atoms. The number of aliphatic carboxylic acids is 1. The Bertz CT molecular complexity index is 554. The SMILES string of the molecule is NC(C(=O)O)(c1ccccc1)c1ccc(Cl)cc1. The minimum Gasteiger partial charge on any atom is -0.479 e. The zero-order valence-corrected chi connectivity index (χ0v) is 10.3. The van der Waals surface area contributed by atoms with E-state index in [0.29, 0.717) is 16.1 Å². The second kappa shape index (κ2) is 4.80. The third kappa shape index (κ3) is 2.10. The second-order valence-corrected chi connectivity index (χ2v) is 4.42. The summed E-state index contributed by atoms with van der Waals surface area (Å²) >= 11 is 5.80. The number of nitrogens with two attached hydrogens (primary N) is 1. The molecule has 3 nitrogen and oxygen atoms in total. The molecule has 2 aromatic rings. The molecule has 0 saturated heterocycles. The van der Waals surface area contributed by atoms with Gasteiger partial charge in [-0.15, -0.1) is 0 Å². The van der Waals surface area contributed by atoms with Crippen LogP contribution in [0.2, 0.25) is 5.02 Å². The fourth-order valence-corrected chi connectivity index (χ4v) is 1.95. The number of benzene rings is 2. The lowest BCUT2D eigenvalue weighted by Crippen LogP contribution is -2.45. The van der Waals surface area contributed by atoms with E-state index in [1.807, 2.05) is 6.07 Å². The number of hydrogen-bond acceptors (Lipinski definition) is 2. The van der Waals surface area contributed by atoms with Gasteiger partial charge in [0.15, 0.2) is 5.54 Å². The number of carbonyl (C=O) groups is 1. The van der Waals surface area contributed by atoms with Gasteiger partial charge in [-0.05, 0) is 23.3 Å². The van der Waals surface area contributed by atoms with Crippen LogP contribution in [0.4, 0.5) is 0 Å². The topological polar surface area (TPSA) is 63.3 Å². The summed E-state index contributed by atoms with van der Waals surface area (Å²) in [5.74, 6) is -1.10. The summed E-state index contributed by atoms with van der Waals surface area (Å²) in [5.41, 5.74) is 5.55. The highest BCUT2D eigenvalue weighted by atomic mass is 35.5. The van der Waals surface area contributed by atoms with Gasteiger partial charge in [0.05, 0.1) is 0 Å². The van der Waals surface area contributed by atoms with Crippen LogP contribution in [0, 0.1) is 0 Å². The van der Waals surface area contributed by atoms with Crippen LogP contribution in [0.1, 0.15) is 11.1 Å². The van der Waals surface area contributed by atoms with Gasteiger partial charge >= 0.3 is 5.97 Å². The maximum atomic E-state index is 11.5. The van der Waals surface area contributed by atoms with Gasteiger partial charge in [0.2, 0.25) is 0 Å². The number of rotatable bonds is 3. The van der Waals surface area contributed by atoms with Crippen LogP contribution in [-0.2, 0) is 10.3 Å². The van der Waals surface area contributed by atoms with Crippen molar-refractivity contribution in [1.29, 1.82) is 0 Å². The van der Waals surface area contributed by atoms with Gasteiger partial charge in [-0.3, -0.25) is 0 Å². The predicted molar refractivity (Wildman–Crippen MR) is 70.5 cm³/mol. The van der Waals surface area contributed by atoms with Crippen molar-refractivity contribution in [3.63, 3.8) is 0 Å². The average Bonchev–Trinajstić information content (AvgIpc) is 2.39. The lowest BCUT2D eigenvalue weighted by molar-refractivity contribution is -0.142. The normalized spacial score (nSPS) is 13.9. The summed E-state index contributed by atoms with van der Waals surface area (Å²) in [7, 11) is 0. The van der Waals surface area contributed by atoms with Crippen molar-refractivity contribution in [2.24, 2.45) is 5.73 Å². The second-order valence-electron chi connectivity index (χ2n) is 3.99. The molecule has 0 bridgehead atoms. The first-order chi connectivity index (χ1) is 8.55. The van der Waals surface area contributed by atoms with Crippen molar-refractivity contribution in [2.75, 3.05) is 0 Å². The average molecular weight is 262 g/mol. The Kier molecular flexibility index (Phi) is 3.36. The summed E-state index contributed by atoms with van der Waals surface area (Å²) in [6.07, 6.45) is 0. The highest BCUT2D eigenvalue weighted by Crippen LogP contribution is 2.28. The summed E-state index contributed by atoms with van der Waals surface area (Å²) < 4.78 is 0. The molecule has 0 saturated carbocycles. The molecule has 4 heteroatoms. The molecule has 1 atom stereocenters. The molecular formula is C14H12ClNO2. The van der Waals surface area contributed by atoms with Gasteiger partial charge < -0.3 is 10.8 Å². The monoisotopic (exact) mass is 261 g/mol. The molecule has 0 fully saturated rings. The first kappa shape index (κ1) is 12.6. The molecule has 2 aromatic carbocycles. The molecule has 18 heavy (non-hydrogen) atoms. The summed E-state index contributed by atoms with van der Waals surface area (Å²) in [6, 6.07) is 15.2. The van der Waals surface area contributed by atoms with Crippen LogP contribution in [0.15, 0.2) is 54.6 Å². The van der Waals surface area contributed by atoms with E-state index in [4.69, 9.17) is 17.3 Å². The van der Waals surface area contributed by atoms with Crippen LogP contribution in [0.25, 0.3) is 0 Å². The molecule has 0 radical (unpaired) electrons. The molecule has 2 rings (SSSR count). The van der Waals surface area contributed by atoms with Crippen LogP contribution in [0.5, 0.6) is 0 Å². The molecule has 0 aliphatic carbocycles. The number of carboxylic acid groups (broad SMARTS) is 1. The van der Waals surface area contributed by atoms with Gasteiger partial charge in [-0.1, -0.05) is 54.1 Å². The van der Waals surface area contributed by atoms with Gasteiger partial charge in [0.1, 0.15) is 0 Å². The molecule has 92 valence electrons. The molecule has 0 heterocycles. The van der Waals surface area contributed by atoms with Crippen molar-refractivity contribution < 1.29 is 9.90 Å². The lowest BCUT2D eigenvalue weighted by atomic mass is 9.84. The van der Waals surface area contributed by atoms with Crippen LogP contribution in [0.3, 0.4) is 0 Å². The summed E-state index contributed by atoms with van der Waals surface area (Å²) in [5, 5.41) is 9.99. The number of hydrogen-bond donors (Lipinski definition) is 2. The number of halogens is 1. The lowest BCUT2D eigenvalue weighted by Gasteiger charge is -2.25. The molecule has 0 aromatic heterocycles. The van der Waals surface area contributed by atoms with Gasteiger partial charge in [0, 0.05) is 5.02 Å². The summed E-state index contributed by atoms with van der Waals surface area (Å²) in [4.78, 5) is 11.5. The van der Waals surface area contributed by atoms with Crippen LogP contribution in [-0.4, -0.2) is 11.1 Å². The Balaban J connectivity index is 2.58. The molecule has 0 aliphatic rings. The standard InChI is InChI=1S/C14H12ClNO2/c15-12-8-6-11(7-9-12)14(16,13(17)18)10-4-2-1-3-5-10/h1-9H,16H2,(H,17,18). The van der Waals surface area contributed by atoms with Crippen LogP contribution < -0.4 is 5.73 Å². The van der Waals surface area contributed by atoms with Crippen molar-refractivity contribution in [1.82, 2.24) is 0 Å². The van der Waals surface area contributed by atoms with E-state index in [1.165, 1.54) is 0 Å². The van der Waals surface area contributed by atoms with E-state index >= 15 is 0 Å². The third-order valence-electron chi connectivity index (χ3n) is 2.87. The van der Waals surface area contributed by atoms with Crippen LogP contribution >= 0.6 is 11.6 Å². The van der Waals surface area contributed by atoms with E-state index in [-0.39, 0.29) is 0 Å². The van der Waals surface area contributed by atoms with E-state index in [9.17, 15) is 9.90 Å². The Morgan fingerprint density at radius 1 is 1.00 bits per heavy atom. The quantitative estimate of drug-likeness (QED) is 0.893. The minimum absolute atomic E-state index is 0.491. The van der Waals surface area contributed by atoms with Gasteiger partial charge in [-0.25, -0.2) is 4.79 Å². The zero-order valence-electron chi connectivity index (χ0n) is 9.51. The van der Waals surface area contributed by atoms with Gasteiger partial charge in [-0.2, -0.15) is 0 Å². The molecule has 1 unspecified atom stereocenters.